The molecule has 0 saturated heterocycles. The summed E-state index contributed by atoms with van der Waals surface area (Å²) in [6.07, 6.45) is 2.67. The van der Waals surface area contributed by atoms with Crippen molar-refractivity contribution >= 4 is 38.0 Å². The first-order valence-electron chi connectivity index (χ1n) is 9.93. The Labute approximate surface area is 192 Å². The Kier molecular flexibility index (Phi) is 7.51. The zero-order valence-corrected chi connectivity index (χ0v) is 20.0. The first kappa shape index (κ1) is 23.0. The lowest BCUT2D eigenvalue weighted by Gasteiger charge is -2.14. The number of rotatable bonds is 8. The van der Waals surface area contributed by atoms with Gasteiger partial charge >= 0.3 is 10.1 Å². The van der Waals surface area contributed by atoms with Gasteiger partial charge in [0.15, 0.2) is 11.5 Å². The highest BCUT2D eigenvalue weighted by Crippen LogP contribution is 2.38. The summed E-state index contributed by atoms with van der Waals surface area (Å²) >= 11 is 3.42. The summed E-state index contributed by atoms with van der Waals surface area (Å²) in [6, 6.07) is 17.9. The fourth-order valence-electron chi connectivity index (χ4n) is 2.84. The second-order valence-corrected chi connectivity index (χ2v) is 9.29. The van der Waals surface area contributed by atoms with Crippen molar-refractivity contribution < 1.29 is 17.3 Å². The summed E-state index contributed by atoms with van der Waals surface area (Å²) in [7, 11) is -4.01. The minimum absolute atomic E-state index is 0.0774. The third-order valence-corrected chi connectivity index (χ3v) is 6.37. The van der Waals surface area contributed by atoms with Crippen LogP contribution in [0.5, 0.6) is 11.5 Å². The summed E-state index contributed by atoms with van der Waals surface area (Å²) in [5.41, 5.74) is 3.78. The third-order valence-electron chi connectivity index (χ3n) is 4.54. The molecule has 5 nitrogen and oxygen atoms in total. The molecule has 0 radical (unpaired) electrons. The Morgan fingerprint density at radius 3 is 2.29 bits per heavy atom. The molecule has 0 amide bonds. The molecule has 0 aromatic heterocycles. The first-order valence-corrected chi connectivity index (χ1v) is 12.1. The average Bonchev–Trinajstić information content (AvgIpc) is 2.75. The molecule has 162 valence electrons. The van der Waals surface area contributed by atoms with E-state index in [1.165, 1.54) is 17.7 Å². The molecule has 0 unspecified atom stereocenters. The Hall–Kier alpha value is -2.64. The van der Waals surface area contributed by atoms with Crippen LogP contribution in [0, 0.1) is 6.92 Å². The molecule has 0 heterocycles. The van der Waals surface area contributed by atoms with Crippen molar-refractivity contribution in [2.24, 2.45) is 4.99 Å². The van der Waals surface area contributed by atoms with Gasteiger partial charge in [0.25, 0.3) is 0 Å². The van der Waals surface area contributed by atoms with Crippen LogP contribution in [0.2, 0.25) is 0 Å². The molecule has 0 atom stereocenters. The van der Waals surface area contributed by atoms with Crippen molar-refractivity contribution in [3.05, 3.63) is 81.8 Å². The number of hydrogen-bond donors (Lipinski definition) is 0. The van der Waals surface area contributed by atoms with Crippen LogP contribution in [0.4, 0.5) is 5.69 Å². The molecular formula is C24H24BrNO4S. The van der Waals surface area contributed by atoms with E-state index in [9.17, 15) is 8.42 Å². The van der Waals surface area contributed by atoms with Crippen LogP contribution in [-0.2, 0) is 16.5 Å². The lowest BCUT2D eigenvalue weighted by Crippen LogP contribution is -2.11. The van der Waals surface area contributed by atoms with Crippen molar-refractivity contribution in [1.29, 1.82) is 0 Å². The predicted octanol–water partition coefficient (Wildman–Crippen LogP) is 6.24. The summed E-state index contributed by atoms with van der Waals surface area (Å²) in [5.74, 6) is 0.419. The van der Waals surface area contributed by atoms with E-state index in [1.807, 2.05) is 38.1 Å². The Balaban J connectivity index is 1.91. The number of benzene rings is 3. The molecule has 7 heteroatoms. The predicted molar refractivity (Wildman–Crippen MR) is 127 cm³/mol. The zero-order valence-electron chi connectivity index (χ0n) is 17.6. The van der Waals surface area contributed by atoms with Gasteiger partial charge in [0.1, 0.15) is 4.90 Å². The molecule has 31 heavy (non-hydrogen) atoms. The molecule has 0 aliphatic rings. The molecule has 0 bridgehead atoms. The standard InChI is InChI=1S/C24H24BrNO4S/c1-4-18-8-10-20(11-9-18)26-16-19-14-22(25)24(23(15-19)29-5-2)30-31(27,28)21-12-6-17(3)7-13-21/h6-16H,4-5H2,1-3H3. The van der Waals surface area contributed by atoms with Crippen LogP contribution in [0.1, 0.15) is 30.5 Å². The molecule has 3 rings (SSSR count). The number of aliphatic imine (C=N–C) groups is 1. The molecule has 0 aliphatic heterocycles. The number of aryl methyl sites for hydroxylation is 2. The van der Waals surface area contributed by atoms with Gasteiger partial charge in [-0.1, -0.05) is 36.8 Å². The van der Waals surface area contributed by atoms with Gasteiger partial charge in [-0.05, 0) is 83.7 Å². The van der Waals surface area contributed by atoms with Crippen LogP contribution >= 0.6 is 15.9 Å². The van der Waals surface area contributed by atoms with Gasteiger partial charge in [-0.25, -0.2) is 0 Å². The van der Waals surface area contributed by atoms with Crippen molar-refractivity contribution in [2.75, 3.05) is 6.61 Å². The molecule has 0 saturated carbocycles. The van der Waals surface area contributed by atoms with E-state index in [0.29, 0.717) is 16.8 Å². The highest BCUT2D eigenvalue weighted by molar-refractivity contribution is 9.10. The Bertz CT molecular complexity index is 1170. The normalized spacial score (nSPS) is 11.6. The van der Waals surface area contributed by atoms with E-state index in [2.05, 4.69) is 27.8 Å². The third kappa shape index (κ3) is 5.95. The van der Waals surface area contributed by atoms with Gasteiger partial charge in [-0.15, -0.1) is 0 Å². The molecule has 0 N–H and O–H groups in total. The molecular weight excluding hydrogens is 478 g/mol. The van der Waals surface area contributed by atoms with Gasteiger partial charge in [-0.3, -0.25) is 4.99 Å². The van der Waals surface area contributed by atoms with Crippen molar-refractivity contribution in [2.45, 2.75) is 32.1 Å². The Morgan fingerprint density at radius 2 is 1.68 bits per heavy atom. The number of nitrogens with zero attached hydrogens (tertiary/aromatic N) is 1. The van der Waals surface area contributed by atoms with Crippen molar-refractivity contribution in [3.63, 3.8) is 0 Å². The smallest absolute Gasteiger partial charge is 0.339 e. The van der Waals surface area contributed by atoms with Crippen molar-refractivity contribution in [1.82, 2.24) is 0 Å². The molecule has 0 fully saturated rings. The minimum Gasteiger partial charge on any atom is -0.490 e. The van der Waals surface area contributed by atoms with Gasteiger partial charge in [-0.2, -0.15) is 8.42 Å². The lowest BCUT2D eigenvalue weighted by atomic mass is 10.1. The fraction of sp³-hybridized carbons (Fsp3) is 0.208. The van der Waals surface area contributed by atoms with Gasteiger partial charge in [0, 0.05) is 6.21 Å². The summed E-state index contributed by atoms with van der Waals surface area (Å²) in [4.78, 5) is 4.57. The zero-order chi connectivity index (χ0) is 22.4. The fourth-order valence-corrected chi connectivity index (χ4v) is 4.44. The van der Waals surface area contributed by atoms with Crippen molar-refractivity contribution in [3.8, 4) is 11.5 Å². The number of halogens is 1. The second kappa shape index (κ2) is 10.1. The van der Waals surface area contributed by atoms with Crippen LogP contribution in [-0.4, -0.2) is 21.2 Å². The number of ether oxygens (including phenoxy) is 1. The lowest BCUT2D eigenvalue weighted by molar-refractivity contribution is 0.327. The highest BCUT2D eigenvalue weighted by atomic mass is 79.9. The molecule has 3 aromatic rings. The van der Waals surface area contributed by atoms with Crippen LogP contribution in [0.15, 0.2) is 75.0 Å². The molecule has 0 spiro atoms. The maximum Gasteiger partial charge on any atom is 0.339 e. The van der Waals surface area contributed by atoms with Crippen LogP contribution in [0.3, 0.4) is 0 Å². The van der Waals surface area contributed by atoms with Crippen LogP contribution < -0.4 is 8.92 Å². The van der Waals surface area contributed by atoms with Gasteiger partial charge < -0.3 is 8.92 Å². The van der Waals surface area contributed by atoms with E-state index in [-0.39, 0.29) is 10.6 Å². The molecule has 3 aromatic carbocycles. The first-order chi connectivity index (χ1) is 14.8. The minimum atomic E-state index is -4.01. The maximum atomic E-state index is 12.7. The van der Waals surface area contributed by atoms with E-state index < -0.39 is 10.1 Å². The summed E-state index contributed by atoms with van der Waals surface area (Å²) < 4.78 is 37.0. The Morgan fingerprint density at radius 1 is 1.00 bits per heavy atom. The monoisotopic (exact) mass is 501 g/mol. The second-order valence-electron chi connectivity index (χ2n) is 6.89. The SMILES string of the molecule is CCOc1cc(C=Nc2ccc(CC)cc2)cc(Br)c1OS(=O)(=O)c1ccc(C)cc1. The van der Waals surface area contributed by atoms with Crippen LogP contribution in [0.25, 0.3) is 0 Å². The average molecular weight is 502 g/mol. The van der Waals surface area contributed by atoms with E-state index >= 15 is 0 Å². The van der Waals surface area contributed by atoms with Gasteiger partial charge in [0.05, 0.1) is 16.8 Å². The van der Waals surface area contributed by atoms with Gasteiger partial charge in [0.2, 0.25) is 0 Å². The quantitative estimate of drug-likeness (QED) is 0.270. The molecule has 0 aliphatic carbocycles. The number of hydrogen-bond acceptors (Lipinski definition) is 5. The topological polar surface area (TPSA) is 65.0 Å². The maximum absolute atomic E-state index is 12.7. The van der Waals surface area contributed by atoms with E-state index in [4.69, 9.17) is 8.92 Å². The summed E-state index contributed by atoms with van der Waals surface area (Å²) in [6.45, 7) is 6.17. The largest absolute Gasteiger partial charge is 0.490 e. The summed E-state index contributed by atoms with van der Waals surface area (Å²) in [5, 5.41) is 0. The van der Waals surface area contributed by atoms with E-state index in [0.717, 1.165) is 23.2 Å². The highest BCUT2D eigenvalue weighted by Gasteiger charge is 2.22. The van der Waals surface area contributed by atoms with E-state index in [1.54, 1.807) is 30.5 Å².